The molecular formula is C16H17N3O2. The number of para-hydroxylation sites is 1. The van der Waals surface area contributed by atoms with Crippen LogP contribution in [0.4, 0.5) is 4.79 Å². The zero-order valence-corrected chi connectivity index (χ0v) is 11.6. The van der Waals surface area contributed by atoms with Crippen molar-refractivity contribution in [1.82, 2.24) is 15.6 Å². The zero-order chi connectivity index (χ0) is 14.5. The molecule has 21 heavy (non-hydrogen) atoms. The summed E-state index contributed by atoms with van der Waals surface area (Å²) >= 11 is 0. The first-order valence-corrected chi connectivity index (χ1v) is 6.98. The normalized spacial score (nSPS) is 16.5. The van der Waals surface area contributed by atoms with Gasteiger partial charge in [0.1, 0.15) is 5.75 Å². The van der Waals surface area contributed by atoms with E-state index in [9.17, 15) is 4.79 Å². The molecule has 1 aromatic heterocycles. The predicted octanol–water partition coefficient (Wildman–Crippen LogP) is 2.40. The Morgan fingerprint density at radius 1 is 1.29 bits per heavy atom. The Morgan fingerprint density at radius 2 is 2.19 bits per heavy atom. The molecule has 5 heteroatoms. The number of carbonyl (C=O) groups excluding carboxylic acids is 1. The van der Waals surface area contributed by atoms with Gasteiger partial charge in [0.05, 0.1) is 12.6 Å². The molecular weight excluding hydrogens is 266 g/mol. The lowest BCUT2D eigenvalue weighted by atomic mass is 10.0. The van der Waals surface area contributed by atoms with Crippen molar-refractivity contribution < 1.29 is 9.53 Å². The van der Waals surface area contributed by atoms with Crippen molar-refractivity contribution in [2.24, 2.45) is 0 Å². The van der Waals surface area contributed by atoms with Crippen molar-refractivity contribution in [2.45, 2.75) is 19.0 Å². The van der Waals surface area contributed by atoms with Crippen molar-refractivity contribution in [3.05, 3.63) is 59.9 Å². The number of nitrogens with one attached hydrogen (secondary N) is 2. The smallest absolute Gasteiger partial charge is 0.315 e. The molecule has 5 nitrogen and oxygen atoms in total. The van der Waals surface area contributed by atoms with Gasteiger partial charge in [-0.3, -0.25) is 4.98 Å². The molecule has 1 atom stereocenters. The summed E-state index contributed by atoms with van der Waals surface area (Å²) < 4.78 is 5.58. The summed E-state index contributed by atoms with van der Waals surface area (Å²) in [5, 5.41) is 5.84. The van der Waals surface area contributed by atoms with Crippen molar-refractivity contribution in [3.8, 4) is 5.75 Å². The number of carbonyl (C=O) groups is 1. The van der Waals surface area contributed by atoms with Gasteiger partial charge < -0.3 is 15.4 Å². The van der Waals surface area contributed by atoms with Gasteiger partial charge in [0, 0.05) is 30.9 Å². The van der Waals surface area contributed by atoms with Crippen LogP contribution >= 0.6 is 0 Å². The van der Waals surface area contributed by atoms with Crippen LogP contribution in [-0.4, -0.2) is 17.6 Å². The predicted molar refractivity (Wildman–Crippen MR) is 78.9 cm³/mol. The minimum Gasteiger partial charge on any atom is -0.493 e. The maximum absolute atomic E-state index is 12.0. The lowest BCUT2D eigenvalue weighted by Gasteiger charge is -2.26. The van der Waals surface area contributed by atoms with E-state index in [0.717, 1.165) is 23.3 Å². The molecule has 3 rings (SSSR count). The topological polar surface area (TPSA) is 63.2 Å². The maximum Gasteiger partial charge on any atom is 0.315 e. The van der Waals surface area contributed by atoms with E-state index in [0.29, 0.717) is 13.2 Å². The Bertz CT molecular complexity index is 616. The Kier molecular flexibility index (Phi) is 4.00. The number of hydrogen-bond donors (Lipinski definition) is 2. The van der Waals surface area contributed by atoms with Crippen molar-refractivity contribution in [1.29, 1.82) is 0 Å². The number of pyridine rings is 1. The van der Waals surface area contributed by atoms with Crippen LogP contribution in [0.5, 0.6) is 5.75 Å². The number of benzene rings is 1. The Labute approximate surface area is 123 Å². The van der Waals surface area contributed by atoms with Gasteiger partial charge in [0.2, 0.25) is 0 Å². The number of ether oxygens (including phenoxy) is 1. The molecule has 1 aliphatic rings. The first-order chi connectivity index (χ1) is 10.3. The highest BCUT2D eigenvalue weighted by molar-refractivity contribution is 5.74. The average molecular weight is 283 g/mol. The Balaban J connectivity index is 1.58. The first kappa shape index (κ1) is 13.4. The molecule has 0 saturated carbocycles. The van der Waals surface area contributed by atoms with Crippen molar-refractivity contribution in [3.63, 3.8) is 0 Å². The second-order valence-corrected chi connectivity index (χ2v) is 4.92. The Morgan fingerprint density at radius 3 is 3.05 bits per heavy atom. The Hall–Kier alpha value is -2.56. The van der Waals surface area contributed by atoms with E-state index < -0.39 is 0 Å². The SMILES string of the molecule is O=C(NCc1cccnc1)NC1CCOc2ccccc21. The van der Waals surface area contributed by atoms with E-state index in [1.807, 2.05) is 36.4 Å². The average Bonchev–Trinajstić information content (AvgIpc) is 2.54. The summed E-state index contributed by atoms with van der Waals surface area (Å²) in [7, 11) is 0. The van der Waals surface area contributed by atoms with Crippen LogP contribution in [0, 0.1) is 0 Å². The summed E-state index contributed by atoms with van der Waals surface area (Å²) in [6, 6.07) is 11.4. The van der Waals surface area contributed by atoms with Crippen LogP contribution in [-0.2, 0) is 6.54 Å². The van der Waals surface area contributed by atoms with Gasteiger partial charge in [-0.25, -0.2) is 4.79 Å². The van der Waals surface area contributed by atoms with Crippen molar-refractivity contribution >= 4 is 6.03 Å². The molecule has 2 N–H and O–H groups in total. The number of nitrogens with zero attached hydrogens (tertiary/aromatic N) is 1. The van der Waals surface area contributed by atoms with Gasteiger partial charge in [0.25, 0.3) is 0 Å². The van der Waals surface area contributed by atoms with E-state index in [4.69, 9.17) is 4.74 Å². The minimum atomic E-state index is -0.180. The summed E-state index contributed by atoms with van der Waals surface area (Å²) in [6.07, 6.45) is 4.23. The lowest BCUT2D eigenvalue weighted by Crippen LogP contribution is -2.39. The summed E-state index contributed by atoms with van der Waals surface area (Å²) in [6.45, 7) is 1.08. The van der Waals surface area contributed by atoms with Crippen LogP contribution in [0.15, 0.2) is 48.8 Å². The number of rotatable bonds is 3. The molecule has 0 bridgehead atoms. The molecule has 2 amide bonds. The van der Waals surface area contributed by atoms with E-state index in [-0.39, 0.29) is 12.1 Å². The van der Waals surface area contributed by atoms with Gasteiger partial charge >= 0.3 is 6.03 Å². The molecule has 1 aromatic carbocycles. The number of aromatic nitrogens is 1. The van der Waals surface area contributed by atoms with Crippen LogP contribution in [0.25, 0.3) is 0 Å². The van der Waals surface area contributed by atoms with Gasteiger partial charge in [-0.2, -0.15) is 0 Å². The van der Waals surface area contributed by atoms with Crippen LogP contribution < -0.4 is 15.4 Å². The van der Waals surface area contributed by atoms with Gasteiger partial charge in [-0.15, -0.1) is 0 Å². The van der Waals surface area contributed by atoms with Gasteiger partial charge in [-0.05, 0) is 17.7 Å². The van der Waals surface area contributed by atoms with Gasteiger partial charge in [-0.1, -0.05) is 24.3 Å². The molecule has 1 unspecified atom stereocenters. The van der Waals surface area contributed by atoms with Crippen LogP contribution in [0.2, 0.25) is 0 Å². The fourth-order valence-corrected chi connectivity index (χ4v) is 2.39. The molecule has 0 radical (unpaired) electrons. The minimum absolute atomic E-state index is 0.0103. The molecule has 0 saturated heterocycles. The molecule has 0 spiro atoms. The van der Waals surface area contributed by atoms with Crippen LogP contribution in [0.1, 0.15) is 23.6 Å². The van der Waals surface area contributed by atoms with Crippen molar-refractivity contribution in [2.75, 3.05) is 6.61 Å². The number of fused-ring (bicyclic) bond motifs is 1. The van der Waals surface area contributed by atoms with Gasteiger partial charge in [0.15, 0.2) is 0 Å². The summed E-state index contributed by atoms with van der Waals surface area (Å²) in [4.78, 5) is 16.0. The molecule has 0 aliphatic carbocycles. The molecule has 108 valence electrons. The fraction of sp³-hybridized carbons (Fsp3) is 0.250. The molecule has 2 aromatic rings. The lowest BCUT2D eigenvalue weighted by molar-refractivity contribution is 0.223. The highest BCUT2D eigenvalue weighted by Gasteiger charge is 2.22. The second-order valence-electron chi connectivity index (χ2n) is 4.92. The quantitative estimate of drug-likeness (QED) is 0.909. The fourth-order valence-electron chi connectivity index (χ4n) is 2.39. The standard InChI is InChI=1S/C16H17N3O2/c20-16(18-11-12-4-3-8-17-10-12)19-14-7-9-21-15-6-2-1-5-13(14)15/h1-6,8,10,14H,7,9,11H2,(H2,18,19,20). The third-order valence-electron chi connectivity index (χ3n) is 3.44. The third kappa shape index (κ3) is 3.31. The zero-order valence-electron chi connectivity index (χ0n) is 11.6. The highest BCUT2D eigenvalue weighted by Crippen LogP contribution is 2.31. The number of hydrogen-bond acceptors (Lipinski definition) is 3. The van der Waals surface area contributed by atoms with Crippen LogP contribution in [0.3, 0.4) is 0 Å². The summed E-state index contributed by atoms with van der Waals surface area (Å²) in [5.74, 6) is 0.848. The monoisotopic (exact) mass is 283 g/mol. The first-order valence-electron chi connectivity index (χ1n) is 6.98. The molecule has 1 aliphatic heterocycles. The van der Waals surface area contributed by atoms with E-state index in [1.165, 1.54) is 0 Å². The van der Waals surface area contributed by atoms with E-state index in [2.05, 4.69) is 15.6 Å². The van der Waals surface area contributed by atoms with E-state index in [1.54, 1.807) is 12.4 Å². The second kappa shape index (κ2) is 6.26. The van der Waals surface area contributed by atoms with E-state index >= 15 is 0 Å². The highest BCUT2D eigenvalue weighted by atomic mass is 16.5. The maximum atomic E-state index is 12.0. The molecule has 2 heterocycles. The largest absolute Gasteiger partial charge is 0.493 e. The number of urea groups is 1. The summed E-state index contributed by atoms with van der Waals surface area (Å²) in [5.41, 5.74) is 2.00. The third-order valence-corrected chi connectivity index (χ3v) is 3.44. The number of amides is 2. The molecule has 0 fully saturated rings.